The second-order valence-corrected chi connectivity index (χ2v) is 8.03. The number of nitriles is 1. The van der Waals surface area contributed by atoms with Gasteiger partial charge in [0.25, 0.3) is 0 Å². The van der Waals surface area contributed by atoms with Crippen molar-refractivity contribution < 1.29 is 14.6 Å². The minimum Gasteiger partial charge on any atom is -0.479 e. The molecule has 0 radical (unpaired) electrons. The lowest BCUT2D eigenvalue weighted by Crippen LogP contribution is -2.41. The van der Waals surface area contributed by atoms with Crippen LogP contribution in [0.25, 0.3) is 0 Å². The maximum atomic E-state index is 13.0. The predicted octanol–water partition coefficient (Wildman–Crippen LogP) is 3.74. The lowest BCUT2D eigenvalue weighted by atomic mass is 9.95. The van der Waals surface area contributed by atoms with Gasteiger partial charge in [-0.3, -0.25) is 4.79 Å². The summed E-state index contributed by atoms with van der Waals surface area (Å²) in [6.45, 7) is 7.02. The van der Waals surface area contributed by atoms with Gasteiger partial charge >= 0.3 is 0 Å². The Bertz CT molecular complexity index is 789. The molecule has 2 aromatic rings. The third-order valence-electron chi connectivity index (χ3n) is 4.18. The number of aliphatic hydroxyl groups is 1. The number of benzene rings is 2. The van der Waals surface area contributed by atoms with Crippen LogP contribution < -0.4 is 4.74 Å². The highest BCUT2D eigenvalue weighted by molar-refractivity contribution is 5.79. The maximum absolute atomic E-state index is 13.0. The molecule has 0 fully saturated rings. The number of nitrogens with zero attached hydrogens (tertiary/aromatic N) is 2. The van der Waals surface area contributed by atoms with Gasteiger partial charge in [-0.05, 0) is 28.7 Å². The quantitative estimate of drug-likeness (QED) is 0.757. The van der Waals surface area contributed by atoms with Gasteiger partial charge in [0.1, 0.15) is 11.8 Å². The van der Waals surface area contributed by atoms with E-state index in [1.165, 1.54) is 0 Å². The highest BCUT2D eigenvalue weighted by Gasteiger charge is 2.24. The highest BCUT2D eigenvalue weighted by atomic mass is 16.5. The summed E-state index contributed by atoms with van der Waals surface area (Å²) in [4.78, 5) is 14.7. The Morgan fingerprint density at radius 3 is 2.36 bits per heavy atom. The average molecular weight is 380 g/mol. The molecule has 1 N–H and O–H groups in total. The summed E-state index contributed by atoms with van der Waals surface area (Å²) in [6, 6.07) is 18.5. The van der Waals surface area contributed by atoms with E-state index < -0.39 is 6.10 Å². The molecular formula is C23H28N2O3. The Morgan fingerprint density at radius 1 is 1.14 bits per heavy atom. The lowest BCUT2D eigenvalue weighted by molar-refractivity contribution is -0.133. The monoisotopic (exact) mass is 380 g/mol. The van der Waals surface area contributed by atoms with Gasteiger partial charge in [-0.15, -0.1) is 0 Å². The van der Waals surface area contributed by atoms with Crippen molar-refractivity contribution >= 4 is 5.91 Å². The van der Waals surface area contributed by atoms with Crippen molar-refractivity contribution in [1.29, 1.82) is 5.26 Å². The molecule has 5 nitrogen and oxygen atoms in total. The fourth-order valence-corrected chi connectivity index (χ4v) is 2.92. The summed E-state index contributed by atoms with van der Waals surface area (Å²) in [5.74, 6) is 0.569. The third-order valence-corrected chi connectivity index (χ3v) is 4.18. The molecule has 0 spiro atoms. The molecule has 1 amide bonds. The van der Waals surface area contributed by atoms with Crippen LogP contribution >= 0.6 is 0 Å². The lowest BCUT2D eigenvalue weighted by Gasteiger charge is -2.32. The zero-order valence-corrected chi connectivity index (χ0v) is 16.8. The van der Waals surface area contributed by atoms with Crippen LogP contribution in [0.4, 0.5) is 0 Å². The van der Waals surface area contributed by atoms with Crippen molar-refractivity contribution in [2.75, 3.05) is 19.7 Å². The number of carbonyl (C=O) groups excluding carboxylic acids is 1. The van der Waals surface area contributed by atoms with E-state index in [0.29, 0.717) is 12.3 Å². The van der Waals surface area contributed by atoms with Crippen LogP contribution in [0.2, 0.25) is 0 Å². The number of amides is 1. The van der Waals surface area contributed by atoms with Crippen molar-refractivity contribution in [3.05, 3.63) is 65.7 Å². The Hall–Kier alpha value is -2.84. The topological polar surface area (TPSA) is 73.6 Å². The second kappa shape index (κ2) is 9.91. The van der Waals surface area contributed by atoms with Crippen molar-refractivity contribution in [2.24, 2.45) is 5.41 Å². The van der Waals surface area contributed by atoms with Gasteiger partial charge in [-0.25, -0.2) is 0 Å². The number of rotatable bonds is 8. The summed E-state index contributed by atoms with van der Waals surface area (Å²) in [5, 5.41) is 19.1. The first kappa shape index (κ1) is 21.5. The number of aliphatic hydroxyl groups excluding tert-OH is 1. The number of hydrogen-bond donors (Lipinski definition) is 1. The second-order valence-electron chi connectivity index (χ2n) is 8.03. The molecule has 0 saturated heterocycles. The molecule has 2 rings (SSSR count). The fourth-order valence-electron chi connectivity index (χ4n) is 2.92. The van der Waals surface area contributed by atoms with E-state index in [1.807, 2.05) is 48.5 Å². The summed E-state index contributed by atoms with van der Waals surface area (Å²) >= 11 is 0. The molecule has 0 aliphatic carbocycles. The van der Waals surface area contributed by atoms with Crippen molar-refractivity contribution in [3.63, 3.8) is 0 Å². The molecule has 28 heavy (non-hydrogen) atoms. The summed E-state index contributed by atoms with van der Waals surface area (Å²) in [5.41, 5.74) is 1.58. The largest absolute Gasteiger partial charge is 0.479 e. The molecule has 0 aliphatic rings. The molecule has 0 unspecified atom stereocenters. The molecule has 2 aromatic carbocycles. The average Bonchev–Trinajstić information content (AvgIpc) is 2.66. The molecule has 148 valence electrons. The van der Waals surface area contributed by atoms with E-state index in [-0.39, 0.29) is 30.9 Å². The highest BCUT2D eigenvalue weighted by Crippen LogP contribution is 2.21. The number of ether oxygens (including phenoxy) is 1. The SMILES string of the molecule is CC(C)(C)CN(C[C@@H](O)c1ccccc1)C(=O)Cc1ccc(OCC#N)cc1. The van der Waals surface area contributed by atoms with Crippen molar-refractivity contribution in [2.45, 2.75) is 33.3 Å². The molecule has 0 saturated carbocycles. The van der Waals surface area contributed by atoms with E-state index >= 15 is 0 Å². The van der Waals surface area contributed by atoms with Crippen LogP contribution in [-0.4, -0.2) is 35.6 Å². The van der Waals surface area contributed by atoms with E-state index in [4.69, 9.17) is 10.00 Å². The van der Waals surface area contributed by atoms with Gasteiger partial charge in [0.05, 0.1) is 19.1 Å². The molecule has 1 atom stereocenters. The summed E-state index contributed by atoms with van der Waals surface area (Å²) in [6.07, 6.45) is -0.481. The first-order valence-corrected chi connectivity index (χ1v) is 9.38. The zero-order chi connectivity index (χ0) is 20.6. The van der Waals surface area contributed by atoms with Crippen molar-refractivity contribution in [3.8, 4) is 11.8 Å². The molecule has 5 heteroatoms. The Labute approximate surface area is 167 Å². The van der Waals surface area contributed by atoms with E-state index in [2.05, 4.69) is 20.8 Å². The zero-order valence-electron chi connectivity index (χ0n) is 16.8. The van der Waals surface area contributed by atoms with Crippen molar-refractivity contribution in [1.82, 2.24) is 4.90 Å². The number of hydrogen-bond acceptors (Lipinski definition) is 4. The molecule has 0 aliphatic heterocycles. The Kier molecular flexibility index (Phi) is 7.60. The maximum Gasteiger partial charge on any atom is 0.227 e. The van der Waals surface area contributed by atoms with Gasteiger partial charge in [0.2, 0.25) is 5.91 Å². The normalized spacial score (nSPS) is 12.1. The van der Waals surface area contributed by atoms with E-state index in [0.717, 1.165) is 11.1 Å². The first-order chi connectivity index (χ1) is 13.3. The third kappa shape index (κ3) is 7.05. The Morgan fingerprint density at radius 2 is 1.79 bits per heavy atom. The van der Waals surface area contributed by atoms with E-state index in [1.54, 1.807) is 17.0 Å². The molecule has 0 aromatic heterocycles. The van der Waals surface area contributed by atoms with Gasteiger partial charge < -0.3 is 14.7 Å². The van der Waals surface area contributed by atoms with Crippen LogP contribution in [0.3, 0.4) is 0 Å². The summed E-state index contributed by atoms with van der Waals surface area (Å²) in [7, 11) is 0. The van der Waals surface area contributed by atoms with Gasteiger partial charge in [-0.1, -0.05) is 63.2 Å². The molecule has 0 bridgehead atoms. The van der Waals surface area contributed by atoms with Gasteiger partial charge in [0, 0.05) is 6.54 Å². The van der Waals surface area contributed by atoms with Crippen LogP contribution in [0, 0.1) is 16.7 Å². The molecular weight excluding hydrogens is 352 g/mol. The fraction of sp³-hybridized carbons (Fsp3) is 0.391. The van der Waals surface area contributed by atoms with E-state index in [9.17, 15) is 9.90 Å². The predicted molar refractivity (Wildman–Crippen MR) is 109 cm³/mol. The van der Waals surface area contributed by atoms with Crippen LogP contribution in [0.1, 0.15) is 38.0 Å². The smallest absolute Gasteiger partial charge is 0.227 e. The molecule has 0 heterocycles. The standard InChI is InChI=1S/C23H28N2O3/c1-23(2,3)17-25(16-21(26)19-7-5-4-6-8-19)22(27)15-18-9-11-20(12-10-18)28-14-13-24/h4-12,21,26H,14-17H2,1-3H3/t21-/m1/s1. The minimum absolute atomic E-state index is 0.00495. The van der Waals surface area contributed by atoms with Crippen LogP contribution in [0.5, 0.6) is 5.75 Å². The first-order valence-electron chi connectivity index (χ1n) is 9.38. The summed E-state index contributed by atoms with van der Waals surface area (Å²) < 4.78 is 5.24. The Balaban J connectivity index is 2.07. The van der Waals surface area contributed by atoms with Gasteiger partial charge in [0.15, 0.2) is 6.61 Å². The minimum atomic E-state index is -0.728. The van der Waals surface area contributed by atoms with Crippen LogP contribution in [-0.2, 0) is 11.2 Å². The van der Waals surface area contributed by atoms with Gasteiger partial charge in [-0.2, -0.15) is 5.26 Å². The number of carbonyl (C=O) groups is 1. The van der Waals surface area contributed by atoms with Crippen LogP contribution in [0.15, 0.2) is 54.6 Å².